The van der Waals surface area contributed by atoms with Crippen molar-refractivity contribution >= 4 is 16.8 Å². The van der Waals surface area contributed by atoms with E-state index in [1.807, 2.05) is 18.2 Å². The third-order valence-electron chi connectivity index (χ3n) is 3.38. The second-order valence-electron chi connectivity index (χ2n) is 4.76. The van der Waals surface area contributed by atoms with Gasteiger partial charge in [-0.3, -0.25) is 4.21 Å². The van der Waals surface area contributed by atoms with Gasteiger partial charge in [-0.1, -0.05) is 11.2 Å². The Bertz CT molecular complexity index is 692. The molecule has 1 aliphatic rings. The molecule has 3 rings (SSSR count). The molecule has 1 unspecified atom stereocenters. The molecule has 0 aliphatic heterocycles. The number of hydrogen-bond donors (Lipinski definition) is 1. The van der Waals surface area contributed by atoms with E-state index in [2.05, 4.69) is 5.16 Å². The van der Waals surface area contributed by atoms with E-state index >= 15 is 0 Å². The molecule has 2 aromatic rings. The molecule has 104 valence electrons. The molecule has 0 saturated carbocycles. The molecule has 20 heavy (non-hydrogen) atoms. The predicted octanol–water partition coefficient (Wildman–Crippen LogP) is 2.17. The van der Waals surface area contributed by atoms with Crippen LogP contribution in [0.15, 0.2) is 33.7 Å². The Balaban J connectivity index is 1.77. The first-order chi connectivity index (χ1) is 9.63. The summed E-state index contributed by atoms with van der Waals surface area (Å²) in [6.45, 7) is 0. The zero-order valence-electron chi connectivity index (χ0n) is 10.7. The van der Waals surface area contributed by atoms with Gasteiger partial charge in [-0.2, -0.15) is 0 Å². The molecular formula is C14H13NO4S. The molecule has 5 nitrogen and oxygen atoms in total. The Kier molecular flexibility index (Phi) is 3.40. The number of aromatic carboxylic acids is 1. The minimum atomic E-state index is -1.25. The summed E-state index contributed by atoms with van der Waals surface area (Å²) >= 11 is 0. The van der Waals surface area contributed by atoms with Crippen LogP contribution in [-0.4, -0.2) is 20.4 Å². The highest BCUT2D eigenvalue weighted by molar-refractivity contribution is 7.84. The monoisotopic (exact) mass is 291 g/mol. The molecule has 1 atom stereocenters. The lowest BCUT2D eigenvalue weighted by molar-refractivity contribution is 0.0685. The van der Waals surface area contributed by atoms with Crippen molar-refractivity contribution in [2.75, 3.05) is 0 Å². The summed E-state index contributed by atoms with van der Waals surface area (Å²) in [6.07, 6.45) is 3.27. The fraction of sp³-hybridized carbons (Fsp3) is 0.286. The summed E-state index contributed by atoms with van der Waals surface area (Å²) in [7, 11) is -1.25. The van der Waals surface area contributed by atoms with Gasteiger partial charge in [-0.15, -0.1) is 0 Å². The van der Waals surface area contributed by atoms with Gasteiger partial charge >= 0.3 is 5.97 Å². The number of carboxylic acid groups (broad SMARTS) is 1. The van der Waals surface area contributed by atoms with Crippen LogP contribution in [0.1, 0.15) is 33.8 Å². The van der Waals surface area contributed by atoms with Gasteiger partial charge in [0.2, 0.25) is 0 Å². The van der Waals surface area contributed by atoms with Gasteiger partial charge in [0.05, 0.1) is 16.6 Å². The molecule has 0 spiro atoms. The van der Waals surface area contributed by atoms with Crippen LogP contribution in [0.3, 0.4) is 0 Å². The van der Waals surface area contributed by atoms with Crippen molar-refractivity contribution < 1.29 is 18.6 Å². The Morgan fingerprint density at radius 2 is 2.10 bits per heavy atom. The Morgan fingerprint density at radius 1 is 1.30 bits per heavy atom. The Morgan fingerprint density at radius 3 is 2.85 bits per heavy atom. The second-order valence-corrected chi connectivity index (χ2v) is 6.21. The van der Waals surface area contributed by atoms with E-state index in [1.54, 1.807) is 0 Å². The SMILES string of the molecule is O=C(O)c1cc(CS(=O)c2ccc3c(c2)CCC3)on1. The maximum absolute atomic E-state index is 12.3. The highest BCUT2D eigenvalue weighted by Crippen LogP contribution is 2.25. The second kappa shape index (κ2) is 5.20. The fourth-order valence-electron chi connectivity index (χ4n) is 2.38. The lowest BCUT2D eigenvalue weighted by atomic mass is 10.1. The highest BCUT2D eigenvalue weighted by atomic mass is 32.2. The molecule has 1 aliphatic carbocycles. The smallest absolute Gasteiger partial charge is 0.358 e. The molecule has 0 saturated heterocycles. The Labute approximate surface area is 118 Å². The number of benzene rings is 1. The number of nitrogens with zero attached hydrogens (tertiary/aromatic N) is 1. The fourth-order valence-corrected chi connectivity index (χ4v) is 3.44. The average Bonchev–Trinajstić information content (AvgIpc) is 3.05. The third kappa shape index (κ3) is 2.51. The van der Waals surface area contributed by atoms with E-state index in [4.69, 9.17) is 9.63 Å². The summed E-state index contributed by atoms with van der Waals surface area (Å²) in [5.74, 6) is -0.691. The molecule has 1 aromatic carbocycles. The van der Waals surface area contributed by atoms with Gasteiger partial charge in [-0.25, -0.2) is 4.79 Å². The van der Waals surface area contributed by atoms with Crippen molar-refractivity contribution in [2.24, 2.45) is 0 Å². The van der Waals surface area contributed by atoms with Crippen LogP contribution < -0.4 is 0 Å². The number of rotatable bonds is 4. The van der Waals surface area contributed by atoms with Crippen molar-refractivity contribution in [1.29, 1.82) is 0 Å². The standard InChI is InChI=1S/C14H13NO4S/c16-14(17)13-7-11(19-15-13)8-20(18)12-5-4-9-2-1-3-10(9)6-12/h4-7H,1-3,8H2,(H,16,17). The zero-order chi connectivity index (χ0) is 14.1. The van der Waals surface area contributed by atoms with Crippen LogP contribution in [0, 0.1) is 0 Å². The van der Waals surface area contributed by atoms with Crippen molar-refractivity contribution in [2.45, 2.75) is 29.9 Å². The number of fused-ring (bicyclic) bond motifs is 1. The molecule has 1 heterocycles. The van der Waals surface area contributed by atoms with Crippen molar-refractivity contribution in [3.63, 3.8) is 0 Å². The maximum Gasteiger partial charge on any atom is 0.358 e. The van der Waals surface area contributed by atoms with Crippen LogP contribution in [0.25, 0.3) is 0 Å². The van der Waals surface area contributed by atoms with E-state index in [0.29, 0.717) is 5.76 Å². The van der Waals surface area contributed by atoms with Crippen molar-refractivity contribution in [3.05, 3.63) is 46.8 Å². The van der Waals surface area contributed by atoms with Crippen LogP contribution in [0.4, 0.5) is 0 Å². The zero-order valence-corrected chi connectivity index (χ0v) is 11.5. The average molecular weight is 291 g/mol. The Hall–Kier alpha value is -1.95. The molecule has 0 amide bonds. The van der Waals surface area contributed by atoms with Crippen molar-refractivity contribution in [3.8, 4) is 0 Å². The third-order valence-corrected chi connectivity index (χ3v) is 4.71. The van der Waals surface area contributed by atoms with Gasteiger partial charge in [0.15, 0.2) is 5.69 Å². The van der Waals surface area contributed by atoms with Crippen LogP contribution in [0.2, 0.25) is 0 Å². The normalized spacial score (nSPS) is 15.0. The van der Waals surface area contributed by atoms with E-state index in [-0.39, 0.29) is 11.4 Å². The summed E-state index contributed by atoms with van der Waals surface area (Å²) < 4.78 is 17.2. The maximum atomic E-state index is 12.3. The summed E-state index contributed by atoms with van der Waals surface area (Å²) in [5.41, 5.74) is 2.43. The van der Waals surface area contributed by atoms with Gasteiger partial charge in [0.25, 0.3) is 0 Å². The van der Waals surface area contributed by atoms with Crippen molar-refractivity contribution in [1.82, 2.24) is 5.16 Å². The first kappa shape index (κ1) is 13.1. The van der Waals surface area contributed by atoms with Crippen LogP contribution in [0.5, 0.6) is 0 Å². The number of aryl methyl sites for hydroxylation is 2. The van der Waals surface area contributed by atoms with E-state index in [9.17, 15) is 9.00 Å². The molecule has 1 N–H and O–H groups in total. The number of carbonyl (C=O) groups is 1. The van der Waals surface area contributed by atoms with Crippen LogP contribution in [-0.2, 0) is 29.4 Å². The minimum absolute atomic E-state index is 0.138. The van der Waals surface area contributed by atoms with Gasteiger partial charge in [0, 0.05) is 11.0 Å². The first-order valence-corrected chi connectivity index (χ1v) is 7.64. The van der Waals surface area contributed by atoms with E-state index < -0.39 is 16.8 Å². The van der Waals surface area contributed by atoms with E-state index in [0.717, 1.165) is 24.2 Å². The minimum Gasteiger partial charge on any atom is -0.476 e. The quantitative estimate of drug-likeness (QED) is 0.933. The number of hydrogen-bond acceptors (Lipinski definition) is 4. The largest absolute Gasteiger partial charge is 0.476 e. The molecule has 6 heteroatoms. The summed E-state index contributed by atoms with van der Waals surface area (Å²) in [5, 5.41) is 12.2. The molecule has 0 bridgehead atoms. The number of aromatic nitrogens is 1. The topological polar surface area (TPSA) is 80.4 Å². The van der Waals surface area contributed by atoms with Gasteiger partial charge < -0.3 is 9.63 Å². The molecule has 1 aromatic heterocycles. The molecule has 0 radical (unpaired) electrons. The van der Waals surface area contributed by atoms with E-state index in [1.165, 1.54) is 17.2 Å². The molecular weight excluding hydrogens is 278 g/mol. The number of carboxylic acids is 1. The highest BCUT2D eigenvalue weighted by Gasteiger charge is 2.16. The molecule has 0 fully saturated rings. The predicted molar refractivity (Wildman–Crippen MR) is 72.0 cm³/mol. The lowest BCUT2D eigenvalue weighted by Gasteiger charge is -2.03. The summed E-state index contributed by atoms with van der Waals surface area (Å²) in [6, 6.07) is 7.19. The van der Waals surface area contributed by atoms with Gasteiger partial charge in [-0.05, 0) is 42.5 Å². The van der Waals surface area contributed by atoms with Crippen LogP contribution >= 0.6 is 0 Å². The summed E-state index contributed by atoms with van der Waals surface area (Å²) in [4.78, 5) is 11.4. The first-order valence-electron chi connectivity index (χ1n) is 6.32. The lowest BCUT2D eigenvalue weighted by Crippen LogP contribution is -1.97. The van der Waals surface area contributed by atoms with Gasteiger partial charge in [0.1, 0.15) is 5.76 Å².